The molecule has 0 amide bonds. The van der Waals surface area contributed by atoms with Crippen molar-refractivity contribution < 1.29 is 0 Å². The van der Waals surface area contributed by atoms with Crippen molar-refractivity contribution in [2.75, 3.05) is 17.6 Å². The Morgan fingerprint density at radius 3 is 2.67 bits per heavy atom. The van der Waals surface area contributed by atoms with Crippen LogP contribution in [0.15, 0.2) is 11.1 Å². The van der Waals surface area contributed by atoms with Gasteiger partial charge in [-0.05, 0) is 12.2 Å². The molecule has 0 atom stereocenters. The van der Waals surface area contributed by atoms with E-state index in [2.05, 4.69) is 36.1 Å². The minimum atomic E-state index is 0.888. The molecule has 1 aromatic heterocycles. The van der Waals surface area contributed by atoms with Gasteiger partial charge in [-0.25, -0.2) is 9.97 Å². The largest absolute Gasteiger partial charge is 0.370 e. The summed E-state index contributed by atoms with van der Waals surface area (Å²) < 4.78 is 0. The van der Waals surface area contributed by atoms with Crippen LogP contribution in [0.25, 0.3) is 0 Å². The van der Waals surface area contributed by atoms with Crippen molar-refractivity contribution in [3.05, 3.63) is 11.9 Å². The Morgan fingerprint density at radius 1 is 1.27 bits per heavy atom. The first-order chi connectivity index (χ1) is 7.30. The van der Waals surface area contributed by atoms with Gasteiger partial charge in [0.15, 0.2) is 0 Å². The van der Waals surface area contributed by atoms with Gasteiger partial charge >= 0.3 is 0 Å². The molecular weight excluding hydrogens is 206 g/mol. The van der Waals surface area contributed by atoms with Crippen LogP contribution < -0.4 is 5.32 Å². The zero-order valence-electron chi connectivity index (χ0n) is 9.71. The summed E-state index contributed by atoms with van der Waals surface area (Å²) in [5.41, 5.74) is 0. The second kappa shape index (κ2) is 6.67. The van der Waals surface area contributed by atoms with Crippen molar-refractivity contribution in [3.8, 4) is 0 Å². The molecule has 84 valence electrons. The second-order valence-corrected chi connectivity index (χ2v) is 4.51. The minimum absolute atomic E-state index is 0.888. The maximum absolute atomic E-state index is 4.46. The smallest absolute Gasteiger partial charge is 0.131 e. The molecule has 15 heavy (non-hydrogen) atoms. The van der Waals surface area contributed by atoms with Crippen molar-refractivity contribution in [2.24, 2.45) is 0 Å². The van der Waals surface area contributed by atoms with Gasteiger partial charge < -0.3 is 5.32 Å². The zero-order chi connectivity index (χ0) is 11.1. The summed E-state index contributed by atoms with van der Waals surface area (Å²) in [6, 6.07) is 2.03. The summed E-state index contributed by atoms with van der Waals surface area (Å²) in [6.07, 6.45) is 2.00. The maximum Gasteiger partial charge on any atom is 0.131 e. The van der Waals surface area contributed by atoms with Crippen molar-refractivity contribution in [1.82, 2.24) is 9.97 Å². The van der Waals surface area contributed by atoms with E-state index in [0.29, 0.717) is 0 Å². The highest BCUT2D eigenvalue weighted by molar-refractivity contribution is 7.99. The Balaban J connectivity index is 2.79. The summed E-state index contributed by atoms with van der Waals surface area (Å²) in [4.78, 5) is 8.90. The summed E-state index contributed by atoms with van der Waals surface area (Å²) in [6.45, 7) is 7.34. The van der Waals surface area contributed by atoms with Crippen molar-refractivity contribution in [3.63, 3.8) is 0 Å². The molecular formula is C11H19N3S. The predicted molar refractivity (Wildman–Crippen MR) is 66.6 cm³/mol. The van der Waals surface area contributed by atoms with E-state index in [1.165, 1.54) is 0 Å². The highest BCUT2D eigenvalue weighted by Gasteiger charge is 2.02. The van der Waals surface area contributed by atoms with Gasteiger partial charge in [-0.1, -0.05) is 20.8 Å². The molecule has 0 aromatic carbocycles. The van der Waals surface area contributed by atoms with E-state index in [9.17, 15) is 0 Å². The number of aryl methyl sites for hydroxylation is 1. The van der Waals surface area contributed by atoms with Gasteiger partial charge in [0.05, 0.1) is 0 Å². The van der Waals surface area contributed by atoms with Crippen LogP contribution in [0.5, 0.6) is 0 Å². The van der Waals surface area contributed by atoms with Gasteiger partial charge in [0.1, 0.15) is 16.7 Å². The van der Waals surface area contributed by atoms with Gasteiger partial charge in [0, 0.05) is 19.0 Å². The van der Waals surface area contributed by atoms with Crippen LogP contribution in [0.1, 0.15) is 33.0 Å². The third kappa shape index (κ3) is 4.08. The first kappa shape index (κ1) is 12.3. The highest BCUT2D eigenvalue weighted by Crippen LogP contribution is 2.18. The highest BCUT2D eigenvalue weighted by atomic mass is 32.2. The van der Waals surface area contributed by atoms with Gasteiger partial charge in [-0.15, -0.1) is 11.8 Å². The lowest BCUT2D eigenvalue weighted by Crippen LogP contribution is -2.05. The minimum Gasteiger partial charge on any atom is -0.370 e. The van der Waals surface area contributed by atoms with E-state index in [1.807, 2.05) is 6.07 Å². The van der Waals surface area contributed by atoms with Crippen LogP contribution in [-0.2, 0) is 6.42 Å². The lowest BCUT2D eigenvalue weighted by Gasteiger charge is -2.07. The Labute approximate surface area is 96.1 Å². The molecule has 0 spiro atoms. The van der Waals surface area contributed by atoms with Crippen LogP contribution in [0.4, 0.5) is 5.82 Å². The third-order valence-corrected chi connectivity index (χ3v) is 2.71. The fraction of sp³-hybridized carbons (Fsp3) is 0.636. The quantitative estimate of drug-likeness (QED) is 0.596. The molecule has 0 fully saturated rings. The zero-order valence-corrected chi connectivity index (χ0v) is 10.5. The van der Waals surface area contributed by atoms with E-state index in [1.54, 1.807) is 11.8 Å². The fourth-order valence-corrected chi connectivity index (χ4v) is 1.86. The Bertz CT molecular complexity index is 302. The summed E-state index contributed by atoms with van der Waals surface area (Å²) in [5.74, 6) is 2.93. The molecule has 0 bridgehead atoms. The van der Waals surface area contributed by atoms with E-state index in [4.69, 9.17) is 0 Å². The average molecular weight is 225 g/mol. The SMILES string of the molecule is CCCNc1cc(SCC)nc(CC)n1. The van der Waals surface area contributed by atoms with Gasteiger partial charge in [-0.3, -0.25) is 0 Å². The summed E-state index contributed by atoms with van der Waals surface area (Å²) in [5, 5.41) is 4.38. The van der Waals surface area contributed by atoms with Crippen molar-refractivity contribution in [1.29, 1.82) is 0 Å². The number of anilines is 1. The average Bonchev–Trinajstić information content (AvgIpc) is 2.26. The van der Waals surface area contributed by atoms with Crippen molar-refractivity contribution >= 4 is 17.6 Å². The monoisotopic (exact) mass is 225 g/mol. The Hall–Kier alpha value is -0.770. The lowest BCUT2D eigenvalue weighted by atomic mass is 10.4. The number of aromatic nitrogens is 2. The van der Waals surface area contributed by atoms with Gasteiger partial charge in [-0.2, -0.15) is 0 Å². The molecule has 0 unspecified atom stereocenters. The topological polar surface area (TPSA) is 37.8 Å². The fourth-order valence-electron chi connectivity index (χ4n) is 1.20. The summed E-state index contributed by atoms with van der Waals surface area (Å²) >= 11 is 1.76. The van der Waals surface area contributed by atoms with Gasteiger partial charge in [0.2, 0.25) is 0 Å². The van der Waals surface area contributed by atoms with Crippen LogP contribution in [0.3, 0.4) is 0 Å². The molecule has 0 saturated carbocycles. The second-order valence-electron chi connectivity index (χ2n) is 3.22. The first-order valence-electron chi connectivity index (χ1n) is 5.54. The number of nitrogens with zero attached hydrogens (tertiary/aromatic N) is 2. The molecule has 0 aliphatic carbocycles. The number of thioether (sulfide) groups is 1. The Morgan fingerprint density at radius 2 is 2.07 bits per heavy atom. The Kier molecular flexibility index (Phi) is 5.47. The summed E-state index contributed by atoms with van der Waals surface area (Å²) in [7, 11) is 0. The molecule has 1 heterocycles. The third-order valence-electron chi connectivity index (χ3n) is 1.91. The predicted octanol–water partition coefficient (Wildman–Crippen LogP) is 2.97. The molecule has 1 rings (SSSR count). The van der Waals surface area contributed by atoms with Gasteiger partial charge in [0.25, 0.3) is 0 Å². The number of hydrogen-bond acceptors (Lipinski definition) is 4. The van der Waals surface area contributed by atoms with E-state index >= 15 is 0 Å². The molecule has 0 radical (unpaired) electrons. The van der Waals surface area contributed by atoms with Crippen LogP contribution >= 0.6 is 11.8 Å². The molecule has 3 nitrogen and oxygen atoms in total. The van der Waals surface area contributed by atoms with Crippen LogP contribution in [0, 0.1) is 0 Å². The molecule has 0 aliphatic rings. The normalized spacial score (nSPS) is 10.3. The first-order valence-corrected chi connectivity index (χ1v) is 6.53. The molecule has 0 saturated heterocycles. The number of hydrogen-bond donors (Lipinski definition) is 1. The van der Waals surface area contributed by atoms with E-state index < -0.39 is 0 Å². The molecule has 1 N–H and O–H groups in total. The van der Waals surface area contributed by atoms with Crippen molar-refractivity contribution in [2.45, 2.75) is 38.6 Å². The standard InChI is InChI=1S/C11H19N3S/c1-4-7-12-10-8-11(15-6-3)14-9(5-2)13-10/h8H,4-7H2,1-3H3,(H,12,13,14). The molecule has 0 aliphatic heterocycles. The number of rotatable bonds is 6. The van der Waals surface area contributed by atoms with E-state index in [-0.39, 0.29) is 0 Å². The van der Waals surface area contributed by atoms with Crippen LogP contribution in [0.2, 0.25) is 0 Å². The maximum atomic E-state index is 4.46. The lowest BCUT2D eigenvalue weighted by molar-refractivity contribution is 0.877. The van der Waals surface area contributed by atoms with E-state index in [0.717, 1.165) is 41.8 Å². The molecule has 1 aromatic rings. The number of nitrogens with one attached hydrogen (secondary N) is 1. The molecule has 4 heteroatoms. The van der Waals surface area contributed by atoms with Crippen LogP contribution in [-0.4, -0.2) is 22.3 Å².